The van der Waals surface area contributed by atoms with Crippen molar-refractivity contribution < 1.29 is 9.90 Å². The molecule has 0 saturated heterocycles. The Morgan fingerprint density at radius 2 is 1.71 bits per heavy atom. The molecule has 0 aromatic heterocycles. The third-order valence-electron chi connectivity index (χ3n) is 6.00. The van der Waals surface area contributed by atoms with E-state index in [-0.39, 0.29) is 6.04 Å². The monoisotopic (exact) mass is 367 g/mol. The summed E-state index contributed by atoms with van der Waals surface area (Å²) < 4.78 is 0. The van der Waals surface area contributed by atoms with Crippen molar-refractivity contribution in [3.8, 4) is 11.1 Å². The second kappa shape index (κ2) is 6.68. The number of fused-ring (bicyclic) bond motifs is 3. The van der Waals surface area contributed by atoms with Crippen LogP contribution in [0.1, 0.15) is 39.9 Å². The Morgan fingerprint density at radius 3 is 2.46 bits per heavy atom. The van der Waals surface area contributed by atoms with Gasteiger partial charge >= 0.3 is 5.97 Å². The van der Waals surface area contributed by atoms with Crippen LogP contribution in [0.15, 0.2) is 84.9 Å². The van der Waals surface area contributed by atoms with E-state index in [4.69, 9.17) is 0 Å². The van der Waals surface area contributed by atoms with Gasteiger partial charge in [0.15, 0.2) is 0 Å². The molecule has 3 nitrogen and oxygen atoms in total. The van der Waals surface area contributed by atoms with Crippen LogP contribution >= 0.6 is 0 Å². The number of para-hydroxylation sites is 1. The first-order valence-corrected chi connectivity index (χ1v) is 9.67. The summed E-state index contributed by atoms with van der Waals surface area (Å²) >= 11 is 0. The fraction of sp³-hybridized carbons (Fsp3) is 0.160. The first kappa shape index (κ1) is 16.8. The molecule has 0 bridgehead atoms. The summed E-state index contributed by atoms with van der Waals surface area (Å²) in [6, 6.07) is 24.5. The van der Waals surface area contributed by atoms with Crippen LogP contribution < -0.4 is 5.32 Å². The van der Waals surface area contributed by atoms with Gasteiger partial charge in [-0.2, -0.15) is 0 Å². The maximum Gasteiger partial charge on any atom is 0.335 e. The molecule has 2 aliphatic rings. The molecule has 3 aromatic carbocycles. The predicted molar refractivity (Wildman–Crippen MR) is 112 cm³/mol. The van der Waals surface area contributed by atoms with Gasteiger partial charge < -0.3 is 10.4 Å². The third kappa shape index (κ3) is 2.71. The number of anilines is 1. The van der Waals surface area contributed by atoms with Gasteiger partial charge in [-0.15, -0.1) is 0 Å². The van der Waals surface area contributed by atoms with E-state index in [0.29, 0.717) is 17.4 Å². The molecular weight excluding hydrogens is 346 g/mol. The molecule has 1 aliphatic heterocycles. The average molecular weight is 367 g/mol. The number of allylic oxidation sites excluding steroid dienone is 2. The summed E-state index contributed by atoms with van der Waals surface area (Å²) in [5, 5.41) is 13.0. The summed E-state index contributed by atoms with van der Waals surface area (Å²) in [7, 11) is 0. The topological polar surface area (TPSA) is 49.3 Å². The molecule has 138 valence electrons. The molecule has 0 unspecified atom stereocenters. The number of carboxylic acids is 1. The zero-order valence-corrected chi connectivity index (χ0v) is 15.4. The van der Waals surface area contributed by atoms with E-state index in [1.165, 1.54) is 22.4 Å². The Labute approximate surface area is 164 Å². The van der Waals surface area contributed by atoms with E-state index in [1.54, 1.807) is 12.1 Å². The smallest absolute Gasteiger partial charge is 0.335 e. The van der Waals surface area contributed by atoms with Crippen molar-refractivity contribution in [3.63, 3.8) is 0 Å². The van der Waals surface area contributed by atoms with Crippen LogP contribution in [-0.2, 0) is 0 Å². The van der Waals surface area contributed by atoms with E-state index in [0.717, 1.165) is 12.0 Å². The summed E-state index contributed by atoms with van der Waals surface area (Å²) in [6.45, 7) is 0. The summed E-state index contributed by atoms with van der Waals surface area (Å²) in [5.74, 6) is -0.0708. The van der Waals surface area contributed by atoms with E-state index in [9.17, 15) is 9.90 Å². The van der Waals surface area contributed by atoms with Crippen LogP contribution in [0.2, 0.25) is 0 Å². The molecular formula is C25H21NO2. The lowest BCUT2D eigenvalue weighted by Gasteiger charge is -2.38. The van der Waals surface area contributed by atoms with E-state index >= 15 is 0 Å². The number of hydrogen-bond acceptors (Lipinski definition) is 2. The van der Waals surface area contributed by atoms with Crippen molar-refractivity contribution in [1.82, 2.24) is 0 Å². The Kier molecular flexibility index (Phi) is 4.01. The average Bonchev–Trinajstić information content (AvgIpc) is 3.24. The van der Waals surface area contributed by atoms with Crippen LogP contribution in [0.25, 0.3) is 11.1 Å². The van der Waals surface area contributed by atoms with Crippen LogP contribution in [0, 0.1) is 5.92 Å². The van der Waals surface area contributed by atoms with Crippen LogP contribution in [0.5, 0.6) is 0 Å². The Morgan fingerprint density at radius 1 is 0.929 bits per heavy atom. The van der Waals surface area contributed by atoms with E-state index in [2.05, 4.69) is 59.9 Å². The standard InChI is InChI=1S/C25H21NO2/c27-25(28)18-14-12-17(13-15-18)23-21-10-5-9-20(21)22-11-4-8-19(24(22)26-23)16-6-2-1-3-7-16/h1-9,11-15,20-21,23,26H,10H2,(H,27,28)/t20-,21+,23-/m0/s1. The highest BCUT2D eigenvalue weighted by atomic mass is 16.4. The minimum Gasteiger partial charge on any atom is -0.478 e. The lowest BCUT2D eigenvalue weighted by Crippen LogP contribution is -2.29. The summed E-state index contributed by atoms with van der Waals surface area (Å²) in [4.78, 5) is 11.2. The van der Waals surface area contributed by atoms with Gasteiger partial charge in [0.1, 0.15) is 0 Å². The fourth-order valence-electron chi connectivity index (χ4n) is 4.64. The molecule has 1 heterocycles. The van der Waals surface area contributed by atoms with Crippen LogP contribution in [-0.4, -0.2) is 11.1 Å². The lowest BCUT2D eigenvalue weighted by molar-refractivity contribution is 0.0697. The number of rotatable bonds is 3. The minimum atomic E-state index is -0.889. The largest absolute Gasteiger partial charge is 0.478 e. The lowest BCUT2D eigenvalue weighted by atomic mass is 9.76. The Hall–Kier alpha value is -3.33. The number of carboxylic acid groups (broad SMARTS) is 1. The molecule has 1 aliphatic carbocycles. The molecule has 0 amide bonds. The van der Waals surface area contributed by atoms with Crippen molar-refractivity contribution in [2.75, 3.05) is 5.32 Å². The van der Waals surface area contributed by atoms with Gasteiger partial charge in [-0.05, 0) is 41.2 Å². The first-order valence-electron chi connectivity index (χ1n) is 9.67. The normalized spacial score (nSPS) is 22.2. The van der Waals surface area contributed by atoms with Crippen molar-refractivity contribution >= 4 is 11.7 Å². The molecule has 0 radical (unpaired) electrons. The number of hydrogen-bond donors (Lipinski definition) is 2. The number of nitrogens with one attached hydrogen (secondary N) is 1. The zero-order valence-electron chi connectivity index (χ0n) is 15.4. The zero-order chi connectivity index (χ0) is 19.1. The first-order chi connectivity index (χ1) is 13.7. The highest BCUT2D eigenvalue weighted by Crippen LogP contribution is 2.52. The number of carbonyl (C=O) groups is 1. The Balaban J connectivity index is 1.60. The highest BCUT2D eigenvalue weighted by molar-refractivity contribution is 5.87. The van der Waals surface area contributed by atoms with Crippen LogP contribution in [0.4, 0.5) is 5.69 Å². The van der Waals surface area contributed by atoms with Gasteiger partial charge in [0, 0.05) is 17.2 Å². The minimum absolute atomic E-state index is 0.153. The molecule has 0 spiro atoms. The van der Waals surface area contributed by atoms with Gasteiger partial charge in [0.2, 0.25) is 0 Å². The fourth-order valence-corrected chi connectivity index (χ4v) is 4.64. The molecule has 0 saturated carbocycles. The summed E-state index contributed by atoms with van der Waals surface area (Å²) in [5.41, 5.74) is 6.41. The van der Waals surface area contributed by atoms with Crippen molar-refractivity contribution in [1.29, 1.82) is 0 Å². The van der Waals surface area contributed by atoms with Gasteiger partial charge in [-0.1, -0.05) is 72.8 Å². The molecule has 3 heteroatoms. The molecule has 2 N–H and O–H groups in total. The Bertz CT molecular complexity index is 1050. The van der Waals surface area contributed by atoms with E-state index < -0.39 is 5.97 Å². The van der Waals surface area contributed by atoms with E-state index in [1.807, 2.05) is 18.2 Å². The van der Waals surface area contributed by atoms with Crippen molar-refractivity contribution in [2.24, 2.45) is 5.92 Å². The van der Waals surface area contributed by atoms with Crippen LogP contribution in [0.3, 0.4) is 0 Å². The van der Waals surface area contributed by atoms with Gasteiger partial charge in [-0.3, -0.25) is 0 Å². The van der Waals surface area contributed by atoms with Crippen molar-refractivity contribution in [3.05, 3.63) is 102 Å². The maximum atomic E-state index is 11.2. The molecule has 28 heavy (non-hydrogen) atoms. The predicted octanol–water partition coefficient (Wildman–Crippen LogP) is 5.88. The second-order valence-electron chi connectivity index (χ2n) is 7.54. The highest BCUT2D eigenvalue weighted by Gasteiger charge is 2.38. The number of aromatic carboxylic acids is 1. The van der Waals surface area contributed by atoms with Gasteiger partial charge in [-0.25, -0.2) is 4.79 Å². The van der Waals surface area contributed by atoms with Gasteiger partial charge in [0.25, 0.3) is 0 Å². The maximum absolute atomic E-state index is 11.2. The quantitative estimate of drug-likeness (QED) is 0.569. The van der Waals surface area contributed by atoms with Crippen molar-refractivity contribution in [2.45, 2.75) is 18.4 Å². The van der Waals surface area contributed by atoms with Gasteiger partial charge in [0.05, 0.1) is 11.6 Å². The third-order valence-corrected chi connectivity index (χ3v) is 6.00. The molecule has 5 rings (SSSR count). The SMILES string of the molecule is O=C(O)c1ccc([C@@H]2Nc3c(-c4ccccc4)cccc3[C@H]3C=CC[C@H]32)cc1. The number of benzene rings is 3. The molecule has 0 fully saturated rings. The molecule has 3 aromatic rings. The summed E-state index contributed by atoms with van der Waals surface area (Å²) in [6.07, 6.45) is 5.63. The molecule has 3 atom stereocenters. The second-order valence-corrected chi connectivity index (χ2v) is 7.54.